The molecule has 0 saturated carbocycles. The molecule has 16 heavy (non-hydrogen) atoms. The SMILES string of the molecule is Cc1ccc(C(C)(C)C)c(OCC2CO2)c1. The van der Waals surface area contributed by atoms with Crippen molar-refractivity contribution in [3.63, 3.8) is 0 Å². The quantitative estimate of drug-likeness (QED) is 0.730. The van der Waals surface area contributed by atoms with Gasteiger partial charge < -0.3 is 9.47 Å². The molecule has 0 radical (unpaired) electrons. The summed E-state index contributed by atoms with van der Waals surface area (Å²) in [7, 11) is 0. The molecular weight excluding hydrogens is 200 g/mol. The summed E-state index contributed by atoms with van der Waals surface area (Å²) in [5.74, 6) is 1.00. The molecule has 1 aromatic carbocycles. The number of aryl methyl sites for hydroxylation is 1. The lowest BCUT2D eigenvalue weighted by Crippen LogP contribution is -2.15. The van der Waals surface area contributed by atoms with Gasteiger partial charge in [-0.15, -0.1) is 0 Å². The largest absolute Gasteiger partial charge is 0.490 e. The molecule has 0 amide bonds. The first-order chi connectivity index (χ1) is 7.47. The average molecular weight is 220 g/mol. The summed E-state index contributed by atoms with van der Waals surface area (Å²) in [6.07, 6.45) is 0.313. The van der Waals surface area contributed by atoms with Crippen LogP contribution in [0, 0.1) is 6.92 Å². The Morgan fingerprint density at radius 2 is 2.06 bits per heavy atom. The van der Waals surface area contributed by atoms with Gasteiger partial charge >= 0.3 is 0 Å². The number of hydrogen-bond donors (Lipinski definition) is 0. The average Bonchev–Trinajstić information content (AvgIpc) is 2.96. The van der Waals surface area contributed by atoms with Crippen molar-refractivity contribution in [1.82, 2.24) is 0 Å². The molecular formula is C14H20O2. The van der Waals surface area contributed by atoms with E-state index < -0.39 is 0 Å². The zero-order valence-corrected chi connectivity index (χ0v) is 10.5. The van der Waals surface area contributed by atoms with E-state index in [-0.39, 0.29) is 5.41 Å². The lowest BCUT2D eigenvalue weighted by molar-refractivity contribution is 0.258. The molecule has 88 valence electrons. The topological polar surface area (TPSA) is 21.8 Å². The zero-order valence-electron chi connectivity index (χ0n) is 10.5. The van der Waals surface area contributed by atoms with Gasteiger partial charge in [-0.25, -0.2) is 0 Å². The highest BCUT2D eigenvalue weighted by atomic mass is 16.6. The second kappa shape index (κ2) is 4.10. The minimum atomic E-state index is 0.118. The monoisotopic (exact) mass is 220 g/mol. The normalized spacial score (nSPS) is 19.6. The predicted octanol–water partition coefficient (Wildman–Crippen LogP) is 3.07. The minimum absolute atomic E-state index is 0.118. The van der Waals surface area contributed by atoms with Crippen molar-refractivity contribution in [2.45, 2.75) is 39.2 Å². The van der Waals surface area contributed by atoms with Crippen molar-refractivity contribution < 1.29 is 9.47 Å². The van der Waals surface area contributed by atoms with Gasteiger partial charge in [0.05, 0.1) is 6.61 Å². The van der Waals surface area contributed by atoms with E-state index in [9.17, 15) is 0 Å². The summed E-state index contributed by atoms with van der Waals surface area (Å²) < 4.78 is 11.0. The van der Waals surface area contributed by atoms with Crippen LogP contribution in [0.4, 0.5) is 0 Å². The van der Waals surface area contributed by atoms with E-state index >= 15 is 0 Å². The van der Waals surface area contributed by atoms with Crippen molar-refractivity contribution in [1.29, 1.82) is 0 Å². The molecule has 1 atom stereocenters. The van der Waals surface area contributed by atoms with Gasteiger partial charge in [0.1, 0.15) is 18.5 Å². The Morgan fingerprint density at radius 3 is 2.62 bits per heavy atom. The third kappa shape index (κ3) is 2.76. The summed E-state index contributed by atoms with van der Waals surface area (Å²) in [6, 6.07) is 6.42. The molecule has 2 rings (SSSR count). The fourth-order valence-electron chi connectivity index (χ4n) is 1.72. The molecule has 0 aromatic heterocycles. The van der Waals surface area contributed by atoms with Crippen LogP contribution in [0.25, 0.3) is 0 Å². The second-order valence-electron chi connectivity index (χ2n) is 5.52. The van der Waals surface area contributed by atoms with E-state index in [1.54, 1.807) is 0 Å². The van der Waals surface area contributed by atoms with Gasteiger partial charge in [-0.1, -0.05) is 32.9 Å². The second-order valence-corrected chi connectivity index (χ2v) is 5.52. The van der Waals surface area contributed by atoms with E-state index in [1.165, 1.54) is 11.1 Å². The summed E-state index contributed by atoms with van der Waals surface area (Å²) >= 11 is 0. The van der Waals surface area contributed by atoms with Crippen LogP contribution in [0.2, 0.25) is 0 Å². The number of benzene rings is 1. The molecule has 2 nitrogen and oxygen atoms in total. The highest BCUT2D eigenvalue weighted by Gasteiger charge is 2.25. The number of epoxide rings is 1. The van der Waals surface area contributed by atoms with Gasteiger partial charge in [-0.05, 0) is 29.5 Å². The third-order valence-electron chi connectivity index (χ3n) is 2.77. The van der Waals surface area contributed by atoms with Crippen molar-refractivity contribution in [3.05, 3.63) is 29.3 Å². The van der Waals surface area contributed by atoms with Crippen LogP contribution in [-0.4, -0.2) is 19.3 Å². The Hall–Kier alpha value is -1.02. The molecule has 1 aliphatic heterocycles. The van der Waals surface area contributed by atoms with Crippen molar-refractivity contribution in [2.24, 2.45) is 0 Å². The molecule has 1 unspecified atom stereocenters. The maximum atomic E-state index is 5.84. The third-order valence-corrected chi connectivity index (χ3v) is 2.77. The maximum absolute atomic E-state index is 5.84. The van der Waals surface area contributed by atoms with Gasteiger partial charge in [0.25, 0.3) is 0 Å². The smallest absolute Gasteiger partial charge is 0.123 e. The Kier molecular flexibility index (Phi) is 2.94. The highest BCUT2D eigenvalue weighted by molar-refractivity contribution is 5.41. The van der Waals surface area contributed by atoms with E-state index in [0.717, 1.165) is 12.4 Å². The molecule has 0 aliphatic carbocycles. The van der Waals surface area contributed by atoms with Gasteiger partial charge in [-0.2, -0.15) is 0 Å². The molecule has 0 bridgehead atoms. The minimum Gasteiger partial charge on any atom is -0.490 e. The molecule has 1 aliphatic rings. The fraction of sp³-hybridized carbons (Fsp3) is 0.571. The Bertz CT molecular complexity index is 373. The van der Waals surface area contributed by atoms with Crippen LogP contribution in [-0.2, 0) is 10.2 Å². The molecule has 0 N–H and O–H groups in total. The van der Waals surface area contributed by atoms with Crippen LogP contribution in [0.1, 0.15) is 31.9 Å². The van der Waals surface area contributed by atoms with E-state index in [4.69, 9.17) is 9.47 Å². The van der Waals surface area contributed by atoms with Gasteiger partial charge in [0.2, 0.25) is 0 Å². The molecule has 1 fully saturated rings. The summed E-state index contributed by atoms with van der Waals surface area (Å²) in [4.78, 5) is 0. The van der Waals surface area contributed by atoms with E-state index in [2.05, 4.69) is 45.9 Å². The standard InChI is InChI=1S/C14H20O2/c1-10-5-6-12(14(2,3)4)13(7-10)16-9-11-8-15-11/h5-7,11H,8-9H2,1-4H3. The van der Waals surface area contributed by atoms with E-state index in [1.807, 2.05) is 0 Å². The summed E-state index contributed by atoms with van der Waals surface area (Å²) in [5, 5.41) is 0. The first-order valence-electron chi connectivity index (χ1n) is 5.82. The Morgan fingerprint density at radius 1 is 1.38 bits per heavy atom. The van der Waals surface area contributed by atoms with Crippen molar-refractivity contribution in [2.75, 3.05) is 13.2 Å². The highest BCUT2D eigenvalue weighted by Crippen LogP contribution is 2.32. The van der Waals surface area contributed by atoms with E-state index in [0.29, 0.717) is 12.7 Å². The van der Waals surface area contributed by atoms with Gasteiger partial charge in [0, 0.05) is 0 Å². The molecule has 1 heterocycles. The number of rotatable bonds is 3. The van der Waals surface area contributed by atoms with Gasteiger partial charge in [-0.3, -0.25) is 0 Å². The first kappa shape index (κ1) is 11.5. The Labute approximate surface area is 97.6 Å². The number of hydrogen-bond acceptors (Lipinski definition) is 2. The van der Waals surface area contributed by atoms with Crippen LogP contribution in [0.5, 0.6) is 5.75 Å². The summed E-state index contributed by atoms with van der Waals surface area (Å²) in [6.45, 7) is 10.2. The van der Waals surface area contributed by atoms with Crippen molar-refractivity contribution in [3.8, 4) is 5.75 Å². The predicted molar refractivity (Wildman–Crippen MR) is 65.1 cm³/mol. The molecule has 0 spiro atoms. The zero-order chi connectivity index (χ0) is 11.8. The Balaban J connectivity index is 2.20. The maximum Gasteiger partial charge on any atom is 0.123 e. The fourth-order valence-corrected chi connectivity index (χ4v) is 1.72. The van der Waals surface area contributed by atoms with Crippen LogP contribution >= 0.6 is 0 Å². The molecule has 2 heteroatoms. The van der Waals surface area contributed by atoms with Crippen molar-refractivity contribution >= 4 is 0 Å². The summed E-state index contributed by atoms with van der Waals surface area (Å²) in [5.41, 5.74) is 2.62. The molecule has 1 aromatic rings. The van der Waals surface area contributed by atoms with Crippen LogP contribution in [0.3, 0.4) is 0 Å². The van der Waals surface area contributed by atoms with Crippen LogP contribution < -0.4 is 4.74 Å². The van der Waals surface area contributed by atoms with Crippen LogP contribution in [0.15, 0.2) is 18.2 Å². The molecule has 1 saturated heterocycles. The number of ether oxygens (including phenoxy) is 2. The lowest BCUT2D eigenvalue weighted by Gasteiger charge is -2.23. The van der Waals surface area contributed by atoms with Gasteiger partial charge in [0.15, 0.2) is 0 Å². The first-order valence-corrected chi connectivity index (χ1v) is 5.82. The lowest BCUT2D eigenvalue weighted by atomic mass is 9.86.